The Morgan fingerprint density at radius 1 is 0.778 bits per heavy atom. The zero-order chi connectivity index (χ0) is 19.3. The van der Waals surface area contributed by atoms with Crippen LogP contribution in [0.3, 0.4) is 0 Å². The topological polar surface area (TPSA) is 44.5 Å². The number of nitrogen functional groups attached to an aromatic ring is 1. The molecule has 0 aliphatic rings. The van der Waals surface area contributed by atoms with Crippen LogP contribution in [0.15, 0.2) is 72.8 Å². The smallest absolute Gasteiger partial charge is 0.422 e. The van der Waals surface area contributed by atoms with Crippen molar-refractivity contribution >= 4 is 5.69 Å². The third kappa shape index (κ3) is 5.17. The number of para-hydroxylation sites is 1. The minimum atomic E-state index is -4.44. The Labute approximate surface area is 155 Å². The molecule has 0 radical (unpaired) electrons. The first-order valence-electron chi connectivity index (χ1n) is 8.27. The summed E-state index contributed by atoms with van der Waals surface area (Å²) in [5.74, 6) is 0.678. The molecule has 0 aliphatic carbocycles. The fourth-order valence-electron chi connectivity index (χ4n) is 2.57. The molecule has 3 nitrogen and oxygen atoms in total. The van der Waals surface area contributed by atoms with Gasteiger partial charge in [-0.1, -0.05) is 54.6 Å². The van der Waals surface area contributed by atoms with Gasteiger partial charge in [-0.25, -0.2) is 0 Å². The Kier molecular flexibility index (Phi) is 5.54. The second-order valence-corrected chi connectivity index (χ2v) is 5.93. The summed E-state index contributed by atoms with van der Waals surface area (Å²) in [4.78, 5) is 0. The quantitative estimate of drug-likeness (QED) is 0.584. The molecule has 0 unspecified atom stereocenters. The lowest BCUT2D eigenvalue weighted by atomic mass is 10.0. The van der Waals surface area contributed by atoms with Crippen molar-refractivity contribution in [2.45, 2.75) is 12.8 Å². The van der Waals surface area contributed by atoms with Crippen molar-refractivity contribution in [2.75, 3.05) is 12.3 Å². The largest absolute Gasteiger partial charge is 0.489 e. The predicted molar refractivity (Wildman–Crippen MR) is 98.6 cm³/mol. The summed E-state index contributed by atoms with van der Waals surface area (Å²) in [6.45, 7) is -0.967. The number of ether oxygens (including phenoxy) is 2. The van der Waals surface area contributed by atoms with E-state index in [4.69, 9.17) is 15.2 Å². The van der Waals surface area contributed by atoms with Gasteiger partial charge < -0.3 is 15.2 Å². The van der Waals surface area contributed by atoms with Gasteiger partial charge in [0.15, 0.2) is 6.61 Å². The van der Waals surface area contributed by atoms with Gasteiger partial charge >= 0.3 is 6.18 Å². The van der Waals surface area contributed by atoms with Crippen LogP contribution in [0.5, 0.6) is 11.5 Å². The first kappa shape index (κ1) is 18.6. The Balaban J connectivity index is 1.75. The SMILES string of the molecule is Nc1cccc(-c2ccc(OCc3ccccc3)cc2)c1OCC(F)(F)F. The maximum absolute atomic E-state index is 12.5. The average Bonchev–Trinajstić information content (AvgIpc) is 2.66. The molecule has 0 spiro atoms. The van der Waals surface area contributed by atoms with Crippen LogP contribution in [-0.4, -0.2) is 12.8 Å². The highest BCUT2D eigenvalue weighted by molar-refractivity contribution is 5.77. The maximum Gasteiger partial charge on any atom is 0.422 e. The molecule has 0 aromatic heterocycles. The van der Waals surface area contributed by atoms with E-state index in [2.05, 4.69) is 0 Å². The summed E-state index contributed by atoms with van der Waals surface area (Å²) in [5.41, 5.74) is 8.19. The molecule has 0 saturated heterocycles. The maximum atomic E-state index is 12.5. The fourth-order valence-corrected chi connectivity index (χ4v) is 2.57. The summed E-state index contributed by atoms with van der Waals surface area (Å²) in [7, 11) is 0. The molecule has 0 heterocycles. The summed E-state index contributed by atoms with van der Waals surface area (Å²) in [6.07, 6.45) is -4.44. The standard InChI is InChI=1S/C21H18F3NO2/c22-21(23,24)14-27-20-18(7-4-8-19(20)25)16-9-11-17(12-10-16)26-13-15-5-2-1-3-6-15/h1-12H,13-14,25H2. The second kappa shape index (κ2) is 8.03. The molecule has 0 fully saturated rings. The van der Waals surface area contributed by atoms with Gasteiger partial charge in [0.25, 0.3) is 0 Å². The van der Waals surface area contributed by atoms with Gasteiger partial charge in [-0.3, -0.25) is 0 Å². The second-order valence-electron chi connectivity index (χ2n) is 5.93. The minimum absolute atomic E-state index is 0.0211. The normalized spacial score (nSPS) is 11.2. The van der Waals surface area contributed by atoms with Crippen LogP contribution in [0, 0.1) is 0 Å². The number of halogens is 3. The van der Waals surface area contributed by atoms with Crippen LogP contribution in [0.2, 0.25) is 0 Å². The molecule has 140 valence electrons. The number of anilines is 1. The van der Waals surface area contributed by atoms with Crippen LogP contribution < -0.4 is 15.2 Å². The minimum Gasteiger partial charge on any atom is -0.489 e. The van der Waals surface area contributed by atoms with Crippen molar-refractivity contribution in [2.24, 2.45) is 0 Å². The molecular formula is C21H18F3NO2. The van der Waals surface area contributed by atoms with Crippen molar-refractivity contribution in [3.8, 4) is 22.6 Å². The van der Waals surface area contributed by atoms with Gasteiger partial charge in [-0.2, -0.15) is 13.2 Å². The van der Waals surface area contributed by atoms with E-state index in [1.165, 1.54) is 6.07 Å². The zero-order valence-electron chi connectivity index (χ0n) is 14.4. The van der Waals surface area contributed by atoms with E-state index in [1.807, 2.05) is 30.3 Å². The summed E-state index contributed by atoms with van der Waals surface area (Å²) in [5, 5.41) is 0. The van der Waals surface area contributed by atoms with Crippen molar-refractivity contribution in [3.63, 3.8) is 0 Å². The molecule has 3 aromatic carbocycles. The van der Waals surface area contributed by atoms with Gasteiger partial charge in [0.1, 0.15) is 18.1 Å². The zero-order valence-corrected chi connectivity index (χ0v) is 14.4. The molecule has 0 atom stereocenters. The van der Waals surface area contributed by atoms with E-state index in [0.29, 0.717) is 23.5 Å². The highest BCUT2D eigenvalue weighted by atomic mass is 19.4. The van der Waals surface area contributed by atoms with E-state index < -0.39 is 12.8 Å². The van der Waals surface area contributed by atoms with E-state index in [1.54, 1.807) is 36.4 Å². The number of alkyl halides is 3. The molecule has 0 bridgehead atoms. The fraction of sp³-hybridized carbons (Fsp3) is 0.143. The van der Waals surface area contributed by atoms with Gasteiger partial charge in [0.2, 0.25) is 0 Å². The van der Waals surface area contributed by atoms with Gasteiger partial charge in [-0.15, -0.1) is 0 Å². The lowest BCUT2D eigenvalue weighted by molar-refractivity contribution is -0.153. The highest BCUT2D eigenvalue weighted by Crippen LogP contribution is 2.36. The van der Waals surface area contributed by atoms with Crippen molar-refractivity contribution < 1.29 is 22.6 Å². The number of benzene rings is 3. The third-order valence-electron chi connectivity index (χ3n) is 3.84. The molecular weight excluding hydrogens is 355 g/mol. The van der Waals surface area contributed by atoms with Gasteiger partial charge in [0.05, 0.1) is 5.69 Å². The van der Waals surface area contributed by atoms with Gasteiger partial charge in [0, 0.05) is 5.56 Å². The van der Waals surface area contributed by atoms with E-state index in [9.17, 15) is 13.2 Å². The highest BCUT2D eigenvalue weighted by Gasteiger charge is 2.29. The molecule has 0 amide bonds. The first-order valence-corrected chi connectivity index (χ1v) is 8.27. The van der Waals surface area contributed by atoms with Crippen LogP contribution in [0.25, 0.3) is 11.1 Å². The Hall–Kier alpha value is -3.15. The van der Waals surface area contributed by atoms with Crippen LogP contribution >= 0.6 is 0 Å². The van der Waals surface area contributed by atoms with Gasteiger partial charge in [-0.05, 0) is 29.3 Å². The van der Waals surface area contributed by atoms with Crippen LogP contribution in [-0.2, 0) is 6.61 Å². The van der Waals surface area contributed by atoms with E-state index >= 15 is 0 Å². The van der Waals surface area contributed by atoms with Crippen LogP contribution in [0.1, 0.15) is 5.56 Å². The summed E-state index contributed by atoms with van der Waals surface area (Å²) < 4.78 is 48.2. The Bertz CT molecular complexity index is 878. The Morgan fingerprint density at radius 3 is 2.15 bits per heavy atom. The monoisotopic (exact) mass is 373 g/mol. The molecule has 3 aromatic rings. The third-order valence-corrected chi connectivity index (χ3v) is 3.84. The lowest BCUT2D eigenvalue weighted by Gasteiger charge is -2.15. The summed E-state index contributed by atoms with van der Waals surface area (Å²) >= 11 is 0. The Morgan fingerprint density at radius 2 is 1.48 bits per heavy atom. The number of hydrogen-bond donors (Lipinski definition) is 1. The molecule has 6 heteroatoms. The first-order chi connectivity index (χ1) is 12.9. The number of rotatable bonds is 6. The van der Waals surface area contributed by atoms with Crippen molar-refractivity contribution in [3.05, 3.63) is 78.4 Å². The molecule has 27 heavy (non-hydrogen) atoms. The number of hydrogen-bond acceptors (Lipinski definition) is 3. The molecule has 0 aliphatic heterocycles. The van der Waals surface area contributed by atoms with E-state index in [0.717, 1.165) is 5.56 Å². The molecule has 3 rings (SSSR count). The number of nitrogens with two attached hydrogens (primary N) is 1. The lowest BCUT2D eigenvalue weighted by Crippen LogP contribution is -2.20. The van der Waals surface area contributed by atoms with E-state index in [-0.39, 0.29) is 11.4 Å². The summed E-state index contributed by atoms with van der Waals surface area (Å²) in [6, 6.07) is 21.6. The molecule has 2 N–H and O–H groups in total. The van der Waals surface area contributed by atoms with Crippen LogP contribution in [0.4, 0.5) is 18.9 Å². The van der Waals surface area contributed by atoms with Crippen molar-refractivity contribution in [1.29, 1.82) is 0 Å². The molecule has 0 saturated carbocycles. The van der Waals surface area contributed by atoms with Crippen molar-refractivity contribution in [1.82, 2.24) is 0 Å². The average molecular weight is 373 g/mol. The predicted octanol–water partition coefficient (Wildman–Crippen LogP) is 5.46.